The maximum Gasteiger partial charge on any atom is 0.196 e. The van der Waals surface area contributed by atoms with Gasteiger partial charge in [0.15, 0.2) is 5.78 Å². The van der Waals surface area contributed by atoms with Gasteiger partial charge in [0.1, 0.15) is 0 Å². The zero-order valence-electron chi connectivity index (χ0n) is 10.3. The minimum Gasteiger partial charge on any atom is -0.398 e. The molecule has 0 aliphatic carbocycles. The fraction of sp³-hybridized carbons (Fsp3) is 0. The lowest BCUT2D eigenvalue weighted by atomic mass is 10.0. The third-order valence-electron chi connectivity index (χ3n) is 3.16. The number of nitrogens with two attached hydrogens (primary N) is 1. The van der Waals surface area contributed by atoms with Crippen molar-refractivity contribution < 1.29 is 4.79 Å². The number of nitrogens with one attached hydrogen (secondary N) is 1. The predicted octanol–water partition coefficient (Wildman–Crippen LogP) is 4.51. The first-order chi connectivity index (χ1) is 9.58. The third kappa shape index (κ3) is 2.17. The molecule has 0 aliphatic rings. The third-order valence-corrected chi connectivity index (χ3v) is 4.54. The number of anilines is 1. The van der Waals surface area contributed by atoms with Crippen molar-refractivity contribution in [2.24, 2.45) is 0 Å². The topological polar surface area (TPSA) is 58.9 Å². The molecule has 3 nitrogen and oxygen atoms in total. The van der Waals surface area contributed by atoms with Gasteiger partial charge in [0.25, 0.3) is 0 Å². The average molecular weight is 394 g/mol. The summed E-state index contributed by atoms with van der Waals surface area (Å²) in [5.41, 5.74) is 8.51. The van der Waals surface area contributed by atoms with E-state index in [-0.39, 0.29) is 5.78 Å². The lowest BCUT2D eigenvalue weighted by molar-refractivity contribution is 0.103. The summed E-state index contributed by atoms with van der Waals surface area (Å²) in [4.78, 5) is 15.8. The van der Waals surface area contributed by atoms with Crippen LogP contribution in [0.3, 0.4) is 0 Å². The summed E-state index contributed by atoms with van der Waals surface area (Å²) in [6, 6.07) is 11.1. The lowest BCUT2D eigenvalue weighted by Crippen LogP contribution is -2.03. The van der Waals surface area contributed by atoms with E-state index in [1.807, 2.05) is 18.2 Å². The molecule has 0 fully saturated rings. The Morgan fingerprint density at radius 3 is 2.70 bits per heavy atom. The predicted molar refractivity (Wildman–Crippen MR) is 88.0 cm³/mol. The minimum absolute atomic E-state index is 0.0576. The second-order valence-corrected chi connectivity index (χ2v) is 6.14. The second kappa shape index (κ2) is 5.07. The van der Waals surface area contributed by atoms with Gasteiger partial charge in [-0.25, -0.2) is 0 Å². The van der Waals surface area contributed by atoms with E-state index in [0.29, 0.717) is 21.3 Å². The van der Waals surface area contributed by atoms with Crippen molar-refractivity contribution in [2.45, 2.75) is 0 Å². The molecule has 0 unspecified atom stereocenters. The van der Waals surface area contributed by atoms with Gasteiger partial charge in [-0.3, -0.25) is 4.79 Å². The van der Waals surface area contributed by atoms with E-state index in [2.05, 4.69) is 36.8 Å². The van der Waals surface area contributed by atoms with E-state index < -0.39 is 0 Å². The van der Waals surface area contributed by atoms with Crippen LogP contribution in [0, 0.1) is 0 Å². The molecule has 2 aromatic carbocycles. The zero-order chi connectivity index (χ0) is 14.3. The molecule has 3 aromatic rings. The maximum atomic E-state index is 12.7. The molecule has 0 aliphatic heterocycles. The van der Waals surface area contributed by atoms with Crippen LogP contribution in [-0.2, 0) is 0 Å². The highest BCUT2D eigenvalue weighted by Gasteiger charge is 2.17. The van der Waals surface area contributed by atoms with Gasteiger partial charge in [-0.1, -0.05) is 28.1 Å². The van der Waals surface area contributed by atoms with Crippen molar-refractivity contribution in [3.63, 3.8) is 0 Å². The summed E-state index contributed by atoms with van der Waals surface area (Å²) < 4.78 is 1.60. The molecule has 0 radical (unpaired) electrons. The van der Waals surface area contributed by atoms with Crippen molar-refractivity contribution in [1.29, 1.82) is 0 Å². The molecule has 100 valence electrons. The number of rotatable bonds is 2. The van der Waals surface area contributed by atoms with Crippen molar-refractivity contribution in [2.75, 3.05) is 5.73 Å². The van der Waals surface area contributed by atoms with Crippen LogP contribution in [0.15, 0.2) is 51.5 Å². The highest BCUT2D eigenvalue weighted by Crippen LogP contribution is 2.29. The molecule has 0 spiro atoms. The van der Waals surface area contributed by atoms with Crippen molar-refractivity contribution >= 4 is 54.2 Å². The van der Waals surface area contributed by atoms with Crippen molar-refractivity contribution in [1.82, 2.24) is 4.98 Å². The van der Waals surface area contributed by atoms with Gasteiger partial charge in [-0.05, 0) is 40.2 Å². The van der Waals surface area contributed by atoms with E-state index in [4.69, 9.17) is 5.73 Å². The summed E-state index contributed by atoms with van der Waals surface area (Å²) in [5.74, 6) is -0.0576. The molecule has 0 bridgehead atoms. The Bertz CT molecular complexity index is 824. The van der Waals surface area contributed by atoms with Crippen molar-refractivity contribution in [3.8, 4) is 0 Å². The van der Waals surface area contributed by atoms with E-state index in [9.17, 15) is 4.79 Å². The standard InChI is InChI=1S/C15H10Br2N2O/c16-8-4-5-9-11(7-19-13(9)6-8)15(20)10-2-1-3-12(18)14(10)17/h1-7,19H,18H2. The quantitative estimate of drug-likeness (QED) is 0.497. The SMILES string of the molecule is Nc1cccc(C(=O)c2c[nH]c3cc(Br)ccc23)c1Br. The van der Waals surface area contributed by atoms with Crippen LogP contribution in [0.25, 0.3) is 10.9 Å². The van der Waals surface area contributed by atoms with Crippen LogP contribution in [0.1, 0.15) is 15.9 Å². The molecule has 3 N–H and O–H groups in total. The monoisotopic (exact) mass is 392 g/mol. The number of fused-ring (bicyclic) bond motifs is 1. The van der Waals surface area contributed by atoms with E-state index in [1.54, 1.807) is 24.4 Å². The fourth-order valence-electron chi connectivity index (χ4n) is 2.16. The molecule has 0 atom stereocenters. The Morgan fingerprint density at radius 1 is 1.10 bits per heavy atom. The first kappa shape index (κ1) is 13.4. The average Bonchev–Trinajstić information content (AvgIpc) is 2.84. The van der Waals surface area contributed by atoms with Crippen molar-refractivity contribution in [3.05, 3.63) is 62.7 Å². The molecule has 1 aromatic heterocycles. The molecule has 3 rings (SSSR count). The number of halogens is 2. The Kier molecular flexibility index (Phi) is 3.40. The van der Waals surface area contributed by atoms with Gasteiger partial charge in [-0.15, -0.1) is 0 Å². The number of aromatic amines is 1. The van der Waals surface area contributed by atoms with Crippen LogP contribution >= 0.6 is 31.9 Å². The highest BCUT2D eigenvalue weighted by molar-refractivity contribution is 9.11. The molecule has 0 saturated carbocycles. The fourth-order valence-corrected chi connectivity index (χ4v) is 2.96. The Labute approximate surface area is 132 Å². The number of ketones is 1. The first-order valence-electron chi connectivity index (χ1n) is 5.93. The number of carbonyl (C=O) groups is 1. The summed E-state index contributed by atoms with van der Waals surface area (Å²) in [5, 5.41) is 0.896. The van der Waals surface area contributed by atoms with Crippen LogP contribution in [0.2, 0.25) is 0 Å². The highest BCUT2D eigenvalue weighted by atomic mass is 79.9. The molecule has 0 saturated heterocycles. The summed E-state index contributed by atoms with van der Waals surface area (Å²) in [7, 11) is 0. The van der Waals surface area contributed by atoms with Crippen LogP contribution in [0.5, 0.6) is 0 Å². The van der Waals surface area contributed by atoms with Crippen LogP contribution < -0.4 is 5.73 Å². The van der Waals surface area contributed by atoms with Gasteiger partial charge in [0, 0.05) is 38.4 Å². The second-order valence-electron chi connectivity index (χ2n) is 4.43. The maximum absolute atomic E-state index is 12.7. The largest absolute Gasteiger partial charge is 0.398 e. The van der Waals surface area contributed by atoms with Gasteiger partial charge >= 0.3 is 0 Å². The Hall–Kier alpha value is -1.59. The Balaban J connectivity index is 2.16. The zero-order valence-corrected chi connectivity index (χ0v) is 13.5. The summed E-state index contributed by atoms with van der Waals surface area (Å²) in [6.07, 6.45) is 1.73. The molecule has 5 heteroatoms. The Morgan fingerprint density at radius 2 is 1.90 bits per heavy atom. The molecule has 1 heterocycles. The van der Waals surface area contributed by atoms with Gasteiger partial charge in [0.2, 0.25) is 0 Å². The number of H-pyrrole nitrogens is 1. The van der Waals surface area contributed by atoms with Gasteiger partial charge in [0.05, 0.1) is 4.47 Å². The summed E-state index contributed by atoms with van der Waals surface area (Å²) >= 11 is 6.79. The van der Waals surface area contributed by atoms with E-state index in [0.717, 1.165) is 15.4 Å². The first-order valence-corrected chi connectivity index (χ1v) is 7.52. The van der Waals surface area contributed by atoms with Gasteiger partial charge in [-0.2, -0.15) is 0 Å². The number of carbonyl (C=O) groups excluding carboxylic acids is 1. The normalized spacial score (nSPS) is 10.9. The number of hydrogen-bond acceptors (Lipinski definition) is 2. The number of nitrogen functional groups attached to an aromatic ring is 1. The lowest BCUT2D eigenvalue weighted by Gasteiger charge is -2.05. The van der Waals surface area contributed by atoms with Crippen LogP contribution in [0.4, 0.5) is 5.69 Å². The number of hydrogen-bond donors (Lipinski definition) is 2. The van der Waals surface area contributed by atoms with E-state index >= 15 is 0 Å². The number of aromatic nitrogens is 1. The smallest absolute Gasteiger partial charge is 0.196 e. The molecule has 0 amide bonds. The number of benzene rings is 2. The molecular formula is C15H10Br2N2O. The van der Waals surface area contributed by atoms with Gasteiger partial charge < -0.3 is 10.7 Å². The summed E-state index contributed by atoms with van der Waals surface area (Å²) in [6.45, 7) is 0. The molecular weight excluding hydrogens is 384 g/mol. The van der Waals surface area contributed by atoms with Crippen LogP contribution in [-0.4, -0.2) is 10.8 Å². The van der Waals surface area contributed by atoms with E-state index in [1.165, 1.54) is 0 Å². The minimum atomic E-state index is -0.0576. The molecule has 20 heavy (non-hydrogen) atoms.